The highest BCUT2D eigenvalue weighted by atomic mass is 16.4. The van der Waals surface area contributed by atoms with Crippen LogP contribution in [0.4, 0.5) is 0 Å². The number of nitrogens with zero attached hydrogens (tertiary/aromatic N) is 1. The van der Waals surface area contributed by atoms with E-state index in [-0.39, 0.29) is 12.3 Å². The molecule has 0 radical (unpaired) electrons. The van der Waals surface area contributed by atoms with Crippen LogP contribution in [0.15, 0.2) is 12.2 Å². The average molecular weight is 213 g/mol. The van der Waals surface area contributed by atoms with Gasteiger partial charge in [-0.05, 0) is 20.3 Å². The van der Waals surface area contributed by atoms with Crippen LogP contribution in [0.25, 0.3) is 0 Å². The van der Waals surface area contributed by atoms with Crippen molar-refractivity contribution in [1.29, 1.82) is 0 Å². The van der Waals surface area contributed by atoms with Gasteiger partial charge in [0.2, 0.25) is 5.91 Å². The Kier molecular flexibility index (Phi) is 6.42. The SMILES string of the molecule is C=C(C)CN(CC)C(=O)CCCC(=O)O. The van der Waals surface area contributed by atoms with Crippen molar-refractivity contribution in [3.05, 3.63) is 12.2 Å². The standard InChI is InChI=1S/C11H19NO3/c1-4-12(8-9(2)3)10(13)6-5-7-11(14)15/h2,4-8H2,1,3H3,(H,14,15). The topological polar surface area (TPSA) is 57.6 Å². The molecule has 86 valence electrons. The van der Waals surface area contributed by atoms with Gasteiger partial charge in [0.1, 0.15) is 0 Å². The maximum atomic E-state index is 11.6. The van der Waals surface area contributed by atoms with Gasteiger partial charge in [0.05, 0.1) is 0 Å². The minimum absolute atomic E-state index is 0.00162. The first-order chi connectivity index (χ1) is 6.97. The summed E-state index contributed by atoms with van der Waals surface area (Å²) >= 11 is 0. The molecule has 4 nitrogen and oxygen atoms in total. The summed E-state index contributed by atoms with van der Waals surface area (Å²) in [5, 5.41) is 8.43. The van der Waals surface area contributed by atoms with Crippen LogP contribution in [-0.4, -0.2) is 35.0 Å². The molecule has 0 rings (SSSR count). The molecule has 0 aromatic heterocycles. The molecule has 4 heteroatoms. The van der Waals surface area contributed by atoms with E-state index in [0.717, 1.165) is 5.57 Å². The molecule has 0 heterocycles. The molecule has 1 N–H and O–H groups in total. The van der Waals surface area contributed by atoms with Crippen molar-refractivity contribution in [2.75, 3.05) is 13.1 Å². The Balaban J connectivity index is 3.93. The molecule has 0 aliphatic heterocycles. The number of carboxylic acid groups (broad SMARTS) is 1. The molecule has 0 fully saturated rings. The van der Waals surface area contributed by atoms with Gasteiger partial charge in [0.25, 0.3) is 0 Å². The van der Waals surface area contributed by atoms with Gasteiger partial charge < -0.3 is 10.0 Å². The number of rotatable bonds is 7. The van der Waals surface area contributed by atoms with E-state index in [1.807, 2.05) is 13.8 Å². The summed E-state index contributed by atoms with van der Waals surface area (Å²) < 4.78 is 0. The van der Waals surface area contributed by atoms with Gasteiger partial charge in [-0.2, -0.15) is 0 Å². The Labute approximate surface area is 90.6 Å². The fourth-order valence-corrected chi connectivity index (χ4v) is 1.25. The third kappa shape index (κ3) is 6.71. The summed E-state index contributed by atoms with van der Waals surface area (Å²) in [5.74, 6) is -0.854. The highest BCUT2D eigenvalue weighted by Gasteiger charge is 2.11. The Hall–Kier alpha value is -1.32. The van der Waals surface area contributed by atoms with E-state index in [1.165, 1.54) is 0 Å². The fraction of sp³-hybridized carbons (Fsp3) is 0.636. The van der Waals surface area contributed by atoms with Crippen molar-refractivity contribution in [3.63, 3.8) is 0 Å². The molecule has 0 atom stereocenters. The molecule has 0 bridgehead atoms. The van der Waals surface area contributed by atoms with Gasteiger partial charge in [0, 0.05) is 25.9 Å². The Morgan fingerprint density at radius 2 is 1.93 bits per heavy atom. The minimum atomic E-state index is -0.856. The Bertz CT molecular complexity index is 248. The molecular formula is C11H19NO3. The summed E-state index contributed by atoms with van der Waals surface area (Å²) in [6.07, 6.45) is 0.755. The van der Waals surface area contributed by atoms with Gasteiger partial charge in [-0.15, -0.1) is 0 Å². The maximum Gasteiger partial charge on any atom is 0.303 e. The lowest BCUT2D eigenvalue weighted by Gasteiger charge is -2.20. The zero-order valence-corrected chi connectivity index (χ0v) is 9.45. The molecule has 0 saturated carbocycles. The maximum absolute atomic E-state index is 11.6. The van der Waals surface area contributed by atoms with E-state index in [0.29, 0.717) is 25.9 Å². The molecule has 0 aliphatic carbocycles. The minimum Gasteiger partial charge on any atom is -0.481 e. The van der Waals surface area contributed by atoms with Crippen molar-refractivity contribution >= 4 is 11.9 Å². The summed E-state index contributed by atoms with van der Waals surface area (Å²) in [4.78, 5) is 23.5. The van der Waals surface area contributed by atoms with Gasteiger partial charge in [-0.25, -0.2) is 0 Å². The van der Waals surface area contributed by atoms with E-state index in [1.54, 1.807) is 4.90 Å². The molecule has 0 saturated heterocycles. The molecule has 15 heavy (non-hydrogen) atoms. The second kappa shape index (κ2) is 7.04. The van der Waals surface area contributed by atoms with Crippen molar-refractivity contribution in [2.24, 2.45) is 0 Å². The van der Waals surface area contributed by atoms with E-state index in [4.69, 9.17) is 5.11 Å². The second-order valence-electron chi connectivity index (χ2n) is 3.61. The number of hydrogen-bond donors (Lipinski definition) is 1. The van der Waals surface area contributed by atoms with Crippen molar-refractivity contribution in [1.82, 2.24) is 4.90 Å². The molecular weight excluding hydrogens is 194 g/mol. The average Bonchev–Trinajstić information content (AvgIpc) is 2.13. The number of carbonyl (C=O) groups excluding carboxylic acids is 1. The van der Waals surface area contributed by atoms with Gasteiger partial charge in [-0.1, -0.05) is 12.2 Å². The Morgan fingerprint density at radius 1 is 1.33 bits per heavy atom. The largest absolute Gasteiger partial charge is 0.481 e. The van der Waals surface area contributed by atoms with Crippen LogP contribution in [-0.2, 0) is 9.59 Å². The number of amides is 1. The molecule has 1 amide bonds. The van der Waals surface area contributed by atoms with Crippen molar-refractivity contribution < 1.29 is 14.7 Å². The molecule has 0 aliphatic rings. The van der Waals surface area contributed by atoms with E-state index < -0.39 is 5.97 Å². The van der Waals surface area contributed by atoms with Crippen LogP contribution in [0, 0.1) is 0 Å². The Morgan fingerprint density at radius 3 is 2.33 bits per heavy atom. The first-order valence-electron chi connectivity index (χ1n) is 5.11. The van der Waals surface area contributed by atoms with E-state index in [9.17, 15) is 9.59 Å². The zero-order valence-electron chi connectivity index (χ0n) is 9.45. The summed E-state index contributed by atoms with van der Waals surface area (Å²) in [7, 11) is 0. The third-order valence-corrected chi connectivity index (χ3v) is 1.98. The van der Waals surface area contributed by atoms with Gasteiger partial charge in [0.15, 0.2) is 0 Å². The fourth-order valence-electron chi connectivity index (χ4n) is 1.25. The smallest absolute Gasteiger partial charge is 0.303 e. The molecule has 0 aromatic carbocycles. The molecule has 0 unspecified atom stereocenters. The lowest BCUT2D eigenvalue weighted by atomic mass is 10.2. The summed E-state index contributed by atoms with van der Waals surface area (Å²) in [6, 6.07) is 0. The first-order valence-corrected chi connectivity index (χ1v) is 5.11. The highest BCUT2D eigenvalue weighted by Crippen LogP contribution is 2.03. The van der Waals surface area contributed by atoms with Crippen LogP contribution in [0.1, 0.15) is 33.1 Å². The lowest BCUT2D eigenvalue weighted by molar-refractivity contribution is -0.137. The number of carboxylic acids is 1. The summed E-state index contributed by atoms with van der Waals surface area (Å²) in [5.41, 5.74) is 0.934. The second-order valence-corrected chi connectivity index (χ2v) is 3.61. The molecule has 0 spiro atoms. The highest BCUT2D eigenvalue weighted by molar-refractivity contribution is 5.77. The van der Waals surface area contributed by atoms with Crippen LogP contribution in [0.2, 0.25) is 0 Å². The normalized spacial score (nSPS) is 9.73. The predicted octanol–water partition coefficient (Wildman–Crippen LogP) is 1.67. The molecule has 0 aromatic rings. The number of carbonyl (C=O) groups is 2. The third-order valence-electron chi connectivity index (χ3n) is 1.98. The van der Waals surface area contributed by atoms with E-state index >= 15 is 0 Å². The number of hydrogen-bond acceptors (Lipinski definition) is 2. The van der Waals surface area contributed by atoms with Gasteiger partial charge >= 0.3 is 5.97 Å². The monoisotopic (exact) mass is 213 g/mol. The van der Waals surface area contributed by atoms with Crippen LogP contribution >= 0.6 is 0 Å². The number of aliphatic carboxylic acids is 1. The first kappa shape index (κ1) is 13.7. The summed E-state index contributed by atoms with van der Waals surface area (Å²) in [6.45, 7) is 8.71. The van der Waals surface area contributed by atoms with E-state index in [2.05, 4.69) is 6.58 Å². The van der Waals surface area contributed by atoms with Crippen LogP contribution in [0.5, 0.6) is 0 Å². The van der Waals surface area contributed by atoms with Crippen LogP contribution < -0.4 is 0 Å². The van der Waals surface area contributed by atoms with Crippen molar-refractivity contribution in [2.45, 2.75) is 33.1 Å². The zero-order chi connectivity index (χ0) is 11.8. The lowest BCUT2D eigenvalue weighted by Crippen LogP contribution is -2.31. The predicted molar refractivity (Wildman–Crippen MR) is 58.6 cm³/mol. The van der Waals surface area contributed by atoms with Gasteiger partial charge in [-0.3, -0.25) is 9.59 Å². The van der Waals surface area contributed by atoms with Crippen molar-refractivity contribution in [3.8, 4) is 0 Å². The number of likely N-dealkylation sites (N-methyl/N-ethyl adjacent to an activating group) is 1. The van der Waals surface area contributed by atoms with Crippen LogP contribution in [0.3, 0.4) is 0 Å². The quantitative estimate of drug-likeness (QED) is 0.654.